The minimum atomic E-state index is -0.280. The number of urea groups is 1. The molecule has 0 aromatic heterocycles. The van der Waals surface area contributed by atoms with Crippen LogP contribution in [-0.4, -0.2) is 48.4 Å². The summed E-state index contributed by atoms with van der Waals surface area (Å²) >= 11 is 3.39. The molecule has 2 N–H and O–H groups in total. The van der Waals surface area contributed by atoms with E-state index in [0.29, 0.717) is 19.7 Å². The Bertz CT molecular complexity index is 452. The van der Waals surface area contributed by atoms with Crippen molar-refractivity contribution in [1.29, 1.82) is 0 Å². The average Bonchev–Trinajstić information content (AvgIpc) is 2.47. The van der Waals surface area contributed by atoms with Crippen molar-refractivity contribution in [2.24, 2.45) is 0 Å². The van der Waals surface area contributed by atoms with Gasteiger partial charge in [-0.1, -0.05) is 28.1 Å². The summed E-state index contributed by atoms with van der Waals surface area (Å²) in [6.07, 6.45) is -0.280. The van der Waals surface area contributed by atoms with Crippen molar-refractivity contribution in [1.82, 2.24) is 10.2 Å². The SMILES string of the molecule is C[C@@H](NC(=O)N1CCO[C@H](CO)C1)c1ccc(Br)cc1. The topological polar surface area (TPSA) is 61.8 Å². The molecule has 1 aromatic rings. The molecule has 1 heterocycles. The third-order valence-corrected chi connectivity index (χ3v) is 3.87. The van der Waals surface area contributed by atoms with Gasteiger partial charge in [0.2, 0.25) is 0 Å². The summed E-state index contributed by atoms with van der Waals surface area (Å²) in [4.78, 5) is 13.9. The van der Waals surface area contributed by atoms with Gasteiger partial charge in [-0.15, -0.1) is 0 Å². The molecule has 0 bridgehead atoms. The highest BCUT2D eigenvalue weighted by atomic mass is 79.9. The van der Waals surface area contributed by atoms with E-state index in [4.69, 9.17) is 9.84 Å². The van der Waals surface area contributed by atoms with E-state index in [1.54, 1.807) is 4.90 Å². The zero-order valence-corrected chi connectivity index (χ0v) is 13.0. The maximum Gasteiger partial charge on any atom is 0.318 e. The monoisotopic (exact) mass is 342 g/mol. The van der Waals surface area contributed by atoms with Crippen molar-refractivity contribution in [2.75, 3.05) is 26.3 Å². The highest BCUT2D eigenvalue weighted by molar-refractivity contribution is 9.10. The summed E-state index contributed by atoms with van der Waals surface area (Å²) in [5, 5.41) is 12.1. The molecule has 0 saturated carbocycles. The second kappa shape index (κ2) is 7.06. The van der Waals surface area contributed by atoms with Gasteiger partial charge in [-0.25, -0.2) is 4.79 Å². The Morgan fingerprint density at radius 3 is 2.90 bits per heavy atom. The number of halogens is 1. The van der Waals surface area contributed by atoms with Crippen LogP contribution in [0.3, 0.4) is 0 Å². The molecule has 0 radical (unpaired) electrons. The minimum Gasteiger partial charge on any atom is -0.394 e. The Balaban J connectivity index is 1.91. The van der Waals surface area contributed by atoms with Gasteiger partial charge in [-0.3, -0.25) is 0 Å². The summed E-state index contributed by atoms with van der Waals surface area (Å²) in [6, 6.07) is 7.67. The molecule has 0 aliphatic carbocycles. The molecule has 2 rings (SSSR count). The lowest BCUT2D eigenvalue weighted by Gasteiger charge is -2.33. The summed E-state index contributed by atoms with van der Waals surface area (Å²) in [6.45, 7) is 3.33. The quantitative estimate of drug-likeness (QED) is 0.881. The van der Waals surface area contributed by atoms with Crippen LogP contribution in [0.5, 0.6) is 0 Å². The number of amides is 2. The Kier molecular flexibility index (Phi) is 5.39. The number of ether oxygens (including phenoxy) is 1. The van der Waals surface area contributed by atoms with Gasteiger partial charge in [-0.2, -0.15) is 0 Å². The van der Waals surface area contributed by atoms with E-state index < -0.39 is 0 Å². The number of carbonyl (C=O) groups is 1. The van der Waals surface area contributed by atoms with Crippen LogP contribution in [-0.2, 0) is 4.74 Å². The van der Waals surface area contributed by atoms with E-state index >= 15 is 0 Å². The van der Waals surface area contributed by atoms with Crippen LogP contribution >= 0.6 is 15.9 Å². The van der Waals surface area contributed by atoms with Gasteiger partial charge in [0, 0.05) is 11.0 Å². The molecule has 1 fully saturated rings. The molecule has 1 aromatic carbocycles. The van der Waals surface area contributed by atoms with Gasteiger partial charge in [0.1, 0.15) is 0 Å². The number of carbonyl (C=O) groups excluding carboxylic acids is 1. The Labute approximate surface area is 127 Å². The predicted molar refractivity (Wildman–Crippen MR) is 79.5 cm³/mol. The summed E-state index contributed by atoms with van der Waals surface area (Å²) in [7, 11) is 0. The first kappa shape index (κ1) is 15.3. The standard InChI is InChI=1S/C14H19BrN2O3/c1-10(11-2-4-12(15)5-3-11)16-14(19)17-6-7-20-13(8-17)9-18/h2-5,10,13,18H,6-9H2,1H3,(H,16,19)/t10-,13+/m1/s1. The molecule has 0 spiro atoms. The van der Waals surface area contributed by atoms with Crippen molar-refractivity contribution in [3.8, 4) is 0 Å². The third kappa shape index (κ3) is 3.94. The Morgan fingerprint density at radius 1 is 1.55 bits per heavy atom. The fourth-order valence-electron chi connectivity index (χ4n) is 2.13. The second-order valence-electron chi connectivity index (χ2n) is 4.84. The maximum absolute atomic E-state index is 12.2. The zero-order valence-electron chi connectivity index (χ0n) is 11.4. The third-order valence-electron chi connectivity index (χ3n) is 3.34. The number of rotatable bonds is 3. The fourth-order valence-corrected chi connectivity index (χ4v) is 2.39. The summed E-state index contributed by atoms with van der Waals surface area (Å²) in [5.41, 5.74) is 1.05. The van der Waals surface area contributed by atoms with Gasteiger partial charge in [-0.05, 0) is 24.6 Å². The van der Waals surface area contributed by atoms with Crippen LogP contribution in [0.2, 0.25) is 0 Å². The molecule has 110 valence electrons. The van der Waals surface area contributed by atoms with Crippen LogP contribution in [0.15, 0.2) is 28.7 Å². The first-order valence-corrected chi connectivity index (χ1v) is 7.43. The Morgan fingerprint density at radius 2 is 2.25 bits per heavy atom. The molecule has 1 aliphatic rings. The zero-order chi connectivity index (χ0) is 14.5. The van der Waals surface area contributed by atoms with E-state index in [0.717, 1.165) is 10.0 Å². The number of aliphatic hydroxyl groups excluding tert-OH is 1. The van der Waals surface area contributed by atoms with Crippen molar-refractivity contribution in [3.63, 3.8) is 0 Å². The van der Waals surface area contributed by atoms with Gasteiger partial charge in [0.05, 0.1) is 31.9 Å². The predicted octanol–water partition coefficient (Wildman–Crippen LogP) is 1.91. The van der Waals surface area contributed by atoms with Crippen molar-refractivity contribution >= 4 is 22.0 Å². The van der Waals surface area contributed by atoms with Gasteiger partial charge in [0.15, 0.2) is 0 Å². The van der Waals surface area contributed by atoms with Crippen LogP contribution < -0.4 is 5.32 Å². The van der Waals surface area contributed by atoms with Crippen molar-refractivity contribution < 1.29 is 14.6 Å². The van der Waals surface area contributed by atoms with Crippen LogP contribution in [0, 0.1) is 0 Å². The van der Waals surface area contributed by atoms with Crippen LogP contribution in [0.25, 0.3) is 0 Å². The molecule has 2 amide bonds. The fraction of sp³-hybridized carbons (Fsp3) is 0.500. The van der Waals surface area contributed by atoms with E-state index in [9.17, 15) is 4.79 Å². The number of benzene rings is 1. The minimum absolute atomic E-state index is 0.0634. The van der Waals surface area contributed by atoms with E-state index in [1.165, 1.54) is 0 Å². The number of aliphatic hydroxyl groups is 1. The molecule has 20 heavy (non-hydrogen) atoms. The van der Waals surface area contributed by atoms with Gasteiger partial charge >= 0.3 is 6.03 Å². The van der Waals surface area contributed by atoms with E-state index in [2.05, 4.69) is 21.2 Å². The van der Waals surface area contributed by atoms with Crippen molar-refractivity contribution in [2.45, 2.75) is 19.1 Å². The lowest BCUT2D eigenvalue weighted by Crippen LogP contribution is -2.50. The normalized spacial score (nSPS) is 20.6. The molecule has 1 aliphatic heterocycles. The molecule has 1 saturated heterocycles. The van der Waals surface area contributed by atoms with E-state index in [1.807, 2.05) is 31.2 Å². The number of nitrogens with zero attached hydrogens (tertiary/aromatic N) is 1. The smallest absolute Gasteiger partial charge is 0.318 e. The number of morpholine rings is 1. The molecule has 5 nitrogen and oxygen atoms in total. The number of hydrogen-bond acceptors (Lipinski definition) is 3. The average molecular weight is 343 g/mol. The summed E-state index contributed by atoms with van der Waals surface area (Å²) in [5.74, 6) is 0. The van der Waals surface area contributed by atoms with Crippen molar-refractivity contribution in [3.05, 3.63) is 34.3 Å². The first-order chi connectivity index (χ1) is 9.60. The van der Waals surface area contributed by atoms with Gasteiger partial charge < -0.3 is 20.1 Å². The molecule has 0 unspecified atom stereocenters. The Hall–Kier alpha value is -1.11. The lowest BCUT2D eigenvalue weighted by molar-refractivity contribution is -0.0404. The lowest BCUT2D eigenvalue weighted by atomic mass is 10.1. The summed E-state index contributed by atoms with van der Waals surface area (Å²) < 4.78 is 6.35. The largest absolute Gasteiger partial charge is 0.394 e. The number of hydrogen-bond donors (Lipinski definition) is 2. The molecular formula is C14H19BrN2O3. The molecular weight excluding hydrogens is 324 g/mol. The first-order valence-electron chi connectivity index (χ1n) is 6.63. The van der Waals surface area contributed by atoms with Crippen LogP contribution in [0.4, 0.5) is 4.79 Å². The van der Waals surface area contributed by atoms with Crippen LogP contribution in [0.1, 0.15) is 18.5 Å². The maximum atomic E-state index is 12.2. The number of nitrogens with one attached hydrogen (secondary N) is 1. The van der Waals surface area contributed by atoms with Gasteiger partial charge in [0.25, 0.3) is 0 Å². The highest BCUT2D eigenvalue weighted by Crippen LogP contribution is 2.17. The highest BCUT2D eigenvalue weighted by Gasteiger charge is 2.24. The van der Waals surface area contributed by atoms with E-state index in [-0.39, 0.29) is 24.8 Å². The molecule has 2 atom stereocenters. The molecule has 6 heteroatoms. The second-order valence-corrected chi connectivity index (χ2v) is 5.76.